The van der Waals surface area contributed by atoms with Gasteiger partial charge in [0.15, 0.2) is 5.82 Å². The van der Waals surface area contributed by atoms with Crippen molar-refractivity contribution in [3.05, 3.63) is 10.8 Å². The van der Waals surface area contributed by atoms with E-state index in [4.69, 9.17) is 9.84 Å². The summed E-state index contributed by atoms with van der Waals surface area (Å²) in [5.41, 5.74) is 0. The molecule has 2 atom stereocenters. The zero-order valence-corrected chi connectivity index (χ0v) is 13.5. The fourth-order valence-corrected chi connectivity index (χ4v) is 4.26. The largest absolute Gasteiger partial charge is 0.474 e. The van der Waals surface area contributed by atoms with Crippen molar-refractivity contribution in [1.29, 1.82) is 0 Å². The number of aliphatic hydroxyl groups excluding tert-OH is 1. The van der Waals surface area contributed by atoms with Gasteiger partial charge in [-0.3, -0.25) is 4.72 Å². The molecule has 2 fully saturated rings. The van der Waals surface area contributed by atoms with Gasteiger partial charge in [-0.25, -0.2) is 9.97 Å². The minimum Gasteiger partial charge on any atom is -0.474 e. The van der Waals surface area contributed by atoms with E-state index in [-0.39, 0.29) is 24.9 Å². The number of nitrogens with one attached hydrogen (secondary N) is 1. The molecule has 2 unspecified atom stereocenters. The lowest BCUT2D eigenvalue weighted by Crippen LogP contribution is -2.35. The summed E-state index contributed by atoms with van der Waals surface area (Å²) in [7, 11) is -3.62. The van der Waals surface area contributed by atoms with E-state index in [1.807, 2.05) is 0 Å². The average molecular weight is 379 g/mol. The summed E-state index contributed by atoms with van der Waals surface area (Å²) in [5, 5.41) is 8.74. The molecule has 2 heterocycles. The highest BCUT2D eigenvalue weighted by atomic mass is 79.9. The van der Waals surface area contributed by atoms with E-state index in [9.17, 15) is 8.42 Å². The molecular formula is C11H15BrN4O4S. The second kappa shape index (κ2) is 5.67. The second-order valence-electron chi connectivity index (χ2n) is 5.09. The molecule has 1 aromatic heterocycles. The van der Waals surface area contributed by atoms with Crippen LogP contribution in [0.5, 0.6) is 5.88 Å². The van der Waals surface area contributed by atoms with E-state index in [2.05, 4.69) is 30.6 Å². The third-order valence-corrected chi connectivity index (χ3v) is 5.74. The molecule has 2 aliphatic rings. The van der Waals surface area contributed by atoms with E-state index in [1.54, 1.807) is 0 Å². The Morgan fingerprint density at radius 2 is 2.14 bits per heavy atom. The molecule has 8 nitrogen and oxygen atoms in total. The van der Waals surface area contributed by atoms with E-state index in [1.165, 1.54) is 10.6 Å². The number of hydrogen-bond acceptors (Lipinski definition) is 6. The van der Waals surface area contributed by atoms with E-state index >= 15 is 0 Å². The minimum absolute atomic E-state index is 0.0668. The Labute approximate surface area is 130 Å². The highest BCUT2D eigenvalue weighted by molar-refractivity contribution is 9.10. The first-order valence-corrected chi connectivity index (χ1v) is 8.76. The van der Waals surface area contributed by atoms with Gasteiger partial charge in [0, 0.05) is 13.1 Å². The molecule has 2 N–H and O–H groups in total. The third kappa shape index (κ3) is 3.12. The van der Waals surface area contributed by atoms with Crippen molar-refractivity contribution >= 4 is 32.0 Å². The highest BCUT2D eigenvalue weighted by Crippen LogP contribution is 2.45. The summed E-state index contributed by atoms with van der Waals surface area (Å²) in [4.78, 5) is 7.80. The first-order valence-electron chi connectivity index (χ1n) is 6.53. The molecule has 0 amide bonds. The van der Waals surface area contributed by atoms with Crippen LogP contribution in [0.4, 0.5) is 5.82 Å². The van der Waals surface area contributed by atoms with Gasteiger partial charge in [-0.15, -0.1) is 0 Å². The Bertz CT molecular complexity index is 631. The Morgan fingerprint density at radius 3 is 2.81 bits per heavy atom. The number of fused-ring (bicyclic) bond motifs is 1. The first kappa shape index (κ1) is 14.9. The molecule has 1 saturated carbocycles. The third-order valence-electron chi connectivity index (χ3n) is 3.60. The highest BCUT2D eigenvalue weighted by Gasteiger charge is 2.48. The number of rotatable bonds is 6. The number of halogens is 1. The maximum Gasteiger partial charge on any atom is 0.302 e. The normalized spacial score (nSPS) is 24.7. The van der Waals surface area contributed by atoms with Crippen LogP contribution in [0.15, 0.2) is 10.8 Å². The molecular weight excluding hydrogens is 364 g/mol. The SMILES string of the molecule is O=S(=O)(Nc1ncnc(OCCO)c1Br)N1CC2CC2C1. The lowest BCUT2D eigenvalue weighted by atomic mass is 10.4. The van der Waals surface area contributed by atoms with Crippen molar-refractivity contribution in [2.75, 3.05) is 31.0 Å². The predicted molar refractivity (Wildman–Crippen MR) is 78.0 cm³/mol. The number of ether oxygens (including phenoxy) is 1. The molecule has 0 aromatic carbocycles. The standard InChI is InChI=1S/C11H15BrN4O4S/c12-9-10(13-6-14-11(9)20-2-1-17)15-21(18,19)16-4-7-3-8(7)5-16/h6-8,17H,1-5H2,(H,13,14,15). The van der Waals surface area contributed by atoms with Crippen molar-refractivity contribution in [3.8, 4) is 5.88 Å². The van der Waals surface area contributed by atoms with E-state index in [0.29, 0.717) is 29.4 Å². The monoisotopic (exact) mass is 378 g/mol. The minimum atomic E-state index is -3.62. The molecule has 1 aliphatic carbocycles. The molecule has 0 radical (unpaired) electrons. The molecule has 10 heteroatoms. The van der Waals surface area contributed by atoms with Gasteiger partial charge >= 0.3 is 10.2 Å². The Morgan fingerprint density at radius 1 is 1.43 bits per heavy atom. The van der Waals surface area contributed by atoms with Gasteiger partial charge < -0.3 is 9.84 Å². The van der Waals surface area contributed by atoms with Gasteiger partial charge in [-0.05, 0) is 34.2 Å². The van der Waals surface area contributed by atoms with Gasteiger partial charge in [0.2, 0.25) is 5.88 Å². The van der Waals surface area contributed by atoms with Crippen LogP contribution in [-0.4, -0.2) is 54.1 Å². The lowest BCUT2D eigenvalue weighted by Gasteiger charge is -2.19. The number of piperidine rings is 1. The van der Waals surface area contributed by atoms with Crippen molar-refractivity contribution < 1.29 is 18.3 Å². The molecule has 1 aliphatic heterocycles. The topological polar surface area (TPSA) is 105 Å². The lowest BCUT2D eigenvalue weighted by molar-refractivity contribution is 0.196. The fraction of sp³-hybridized carbons (Fsp3) is 0.636. The van der Waals surface area contributed by atoms with Crippen LogP contribution in [0.25, 0.3) is 0 Å². The zero-order valence-electron chi connectivity index (χ0n) is 11.1. The molecule has 116 valence electrons. The maximum absolute atomic E-state index is 12.3. The quantitative estimate of drug-likeness (QED) is 0.733. The number of anilines is 1. The van der Waals surface area contributed by atoms with Gasteiger partial charge in [-0.2, -0.15) is 12.7 Å². The van der Waals surface area contributed by atoms with Crippen molar-refractivity contribution in [3.63, 3.8) is 0 Å². The van der Waals surface area contributed by atoms with Crippen LogP contribution in [0.2, 0.25) is 0 Å². The van der Waals surface area contributed by atoms with Crippen molar-refractivity contribution in [2.45, 2.75) is 6.42 Å². The van der Waals surface area contributed by atoms with Crippen LogP contribution >= 0.6 is 15.9 Å². The Balaban J connectivity index is 1.74. The smallest absolute Gasteiger partial charge is 0.302 e. The number of nitrogens with zero attached hydrogens (tertiary/aromatic N) is 3. The summed E-state index contributed by atoms with van der Waals surface area (Å²) in [5.74, 6) is 1.33. The predicted octanol–water partition coefficient (Wildman–Crippen LogP) is 0.219. The molecule has 1 aromatic rings. The summed E-state index contributed by atoms with van der Waals surface area (Å²) < 4.78 is 34.0. The van der Waals surface area contributed by atoms with Crippen molar-refractivity contribution in [1.82, 2.24) is 14.3 Å². The van der Waals surface area contributed by atoms with E-state index in [0.717, 1.165) is 6.42 Å². The maximum atomic E-state index is 12.3. The summed E-state index contributed by atoms with van der Waals surface area (Å²) >= 11 is 3.22. The van der Waals surface area contributed by atoms with Crippen LogP contribution in [0.3, 0.4) is 0 Å². The van der Waals surface area contributed by atoms with E-state index < -0.39 is 10.2 Å². The fourth-order valence-electron chi connectivity index (χ4n) is 2.41. The Kier molecular flexibility index (Phi) is 4.04. The van der Waals surface area contributed by atoms with Gasteiger partial charge in [0.05, 0.1) is 6.61 Å². The average Bonchev–Trinajstić information content (AvgIpc) is 3.06. The van der Waals surface area contributed by atoms with Gasteiger partial charge in [-0.1, -0.05) is 0 Å². The summed E-state index contributed by atoms with van der Waals surface area (Å²) in [6.07, 6.45) is 2.33. The Hall–Kier alpha value is -0.970. The van der Waals surface area contributed by atoms with Gasteiger partial charge in [0.1, 0.15) is 17.4 Å². The number of aliphatic hydroxyl groups is 1. The van der Waals surface area contributed by atoms with Crippen LogP contribution in [-0.2, 0) is 10.2 Å². The van der Waals surface area contributed by atoms with Crippen molar-refractivity contribution in [2.24, 2.45) is 11.8 Å². The molecule has 3 rings (SSSR count). The molecule has 21 heavy (non-hydrogen) atoms. The second-order valence-corrected chi connectivity index (χ2v) is 7.56. The zero-order chi connectivity index (χ0) is 15.0. The summed E-state index contributed by atoms with van der Waals surface area (Å²) in [6, 6.07) is 0. The van der Waals surface area contributed by atoms with Gasteiger partial charge in [0.25, 0.3) is 0 Å². The summed E-state index contributed by atoms with van der Waals surface area (Å²) in [6.45, 7) is 1.04. The molecule has 0 spiro atoms. The molecule has 0 bridgehead atoms. The van der Waals surface area contributed by atoms with Crippen LogP contribution in [0.1, 0.15) is 6.42 Å². The number of hydrogen-bond donors (Lipinski definition) is 2. The van der Waals surface area contributed by atoms with Crippen LogP contribution < -0.4 is 9.46 Å². The van der Waals surface area contributed by atoms with Crippen LogP contribution in [0, 0.1) is 11.8 Å². The first-order chi connectivity index (χ1) is 10.0. The number of aromatic nitrogens is 2. The molecule has 1 saturated heterocycles.